The number of fused-ring (bicyclic) bond motifs is 2. The van der Waals surface area contributed by atoms with E-state index in [0.29, 0.717) is 0 Å². The molecule has 0 spiro atoms. The molecule has 1 heterocycles. The lowest BCUT2D eigenvalue weighted by Gasteiger charge is -2.17. The Morgan fingerprint density at radius 2 is 1.70 bits per heavy atom. The molecule has 0 bridgehead atoms. The van der Waals surface area contributed by atoms with E-state index in [0.717, 1.165) is 75.6 Å². The van der Waals surface area contributed by atoms with Gasteiger partial charge in [-0.2, -0.15) is 0 Å². The van der Waals surface area contributed by atoms with Crippen LogP contribution < -0.4 is 10.0 Å². The molecule has 4 rings (SSSR count). The second-order valence-corrected chi connectivity index (χ2v) is 9.84. The van der Waals surface area contributed by atoms with Gasteiger partial charge in [-0.15, -0.1) is 11.3 Å². The van der Waals surface area contributed by atoms with Crippen LogP contribution >= 0.6 is 23.3 Å². The van der Waals surface area contributed by atoms with Crippen molar-refractivity contribution in [2.24, 2.45) is 0 Å². The van der Waals surface area contributed by atoms with Crippen molar-refractivity contribution >= 4 is 35.0 Å². The summed E-state index contributed by atoms with van der Waals surface area (Å²) >= 11 is 2.68. The highest BCUT2D eigenvalue weighted by Gasteiger charge is 2.29. The summed E-state index contributed by atoms with van der Waals surface area (Å²) in [5.41, 5.74) is 3.50. The molecule has 3 N–H and O–H groups in total. The van der Waals surface area contributed by atoms with Gasteiger partial charge in [0.05, 0.1) is 9.81 Å². The van der Waals surface area contributed by atoms with E-state index in [1.54, 1.807) is 13.8 Å². The van der Waals surface area contributed by atoms with Crippen LogP contribution in [0.15, 0.2) is 16.3 Å². The first-order chi connectivity index (χ1) is 12.8. The Morgan fingerprint density at radius 1 is 1.11 bits per heavy atom. The SMILES string of the molecule is CC(C)(O)c1ccc(SNC(=O)Nc2c3c(c(F)c4c2CCC4)CCC3)s1. The third-order valence-electron chi connectivity index (χ3n) is 5.24. The number of hydrogen-bond donors (Lipinski definition) is 3. The molecule has 0 aliphatic heterocycles. The molecule has 0 fully saturated rings. The van der Waals surface area contributed by atoms with Crippen molar-refractivity contribution in [2.75, 3.05) is 5.32 Å². The minimum absolute atomic E-state index is 0.0342. The lowest BCUT2D eigenvalue weighted by Crippen LogP contribution is -2.24. The highest BCUT2D eigenvalue weighted by Crippen LogP contribution is 2.41. The summed E-state index contributed by atoms with van der Waals surface area (Å²) in [4.78, 5) is 13.3. The van der Waals surface area contributed by atoms with Crippen LogP contribution in [0.2, 0.25) is 0 Å². The monoisotopic (exact) mass is 406 g/mol. The molecular weight excluding hydrogens is 383 g/mol. The van der Waals surface area contributed by atoms with E-state index in [1.165, 1.54) is 23.3 Å². The van der Waals surface area contributed by atoms with Crippen molar-refractivity contribution in [2.45, 2.75) is 62.2 Å². The number of urea groups is 1. The van der Waals surface area contributed by atoms with Gasteiger partial charge in [-0.1, -0.05) is 0 Å². The van der Waals surface area contributed by atoms with E-state index < -0.39 is 5.60 Å². The maximum absolute atomic E-state index is 14.7. The Hall–Kier alpha value is -1.57. The van der Waals surface area contributed by atoms with E-state index in [9.17, 15) is 14.3 Å². The van der Waals surface area contributed by atoms with Gasteiger partial charge in [0, 0.05) is 10.6 Å². The lowest BCUT2D eigenvalue weighted by molar-refractivity contribution is 0.0825. The molecule has 2 aliphatic carbocycles. The number of carbonyl (C=O) groups excluding carboxylic acids is 1. The van der Waals surface area contributed by atoms with Gasteiger partial charge >= 0.3 is 6.03 Å². The molecule has 2 amide bonds. The van der Waals surface area contributed by atoms with Crippen LogP contribution in [0.3, 0.4) is 0 Å². The topological polar surface area (TPSA) is 61.4 Å². The van der Waals surface area contributed by atoms with E-state index >= 15 is 0 Å². The quantitative estimate of drug-likeness (QED) is 0.632. The molecule has 0 saturated heterocycles. The normalized spacial score (nSPS) is 15.6. The number of hydrogen-bond acceptors (Lipinski definition) is 4. The van der Waals surface area contributed by atoms with Crippen LogP contribution in [0.25, 0.3) is 0 Å². The van der Waals surface area contributed by atoms with Gasteiger partial charge in [-0.05, 0) is 98.7 Å². The van der Waals surface area contributed by atoms with Gasteiger partial charge < -0.3 is 10.4 Å². The maximum Gasteiger partial charge on any atom is 0.329 e. The average molecular weight is 407 g/mol. The minimum Gasteiger partial charge on any atom is -0.385 e. The highest BCUT2D eigenvalue weighted by atomic mass is 32.2. The van der Waals surface area contributed by atoms with E-state index in [1.807, 2.05) is 12.1 Å². The summed E-state index contributed by atoms with van der Waals surface area (Å²) in [5, 5.41) is 13.0. The van der Waals surface area contributed by atoms with Crippen LogP contribution in [0.4, 0.5) is 14.9 Å². The van der Waals surface area contributed by atoms with E-state index in [4.69, 9.17) is 0 Å². The summed E-state index contributed by atoms with van der Waals surface area (Å²) in [6, 6.07) is 3.45. The van der Waals surface area contributed by atoms with Crippen LogP contribution in [0.1, 0.15) is 53.8 Å². The molecule has 2 aliphatic rings. The Kier molecular flexibility index (Phi) is 4.94. The van der Waals surface area contributed by atoms with Gasteiger partial charge in [0.25, 0.3) is 0 Å². The highest BCUT2D eigenvalue weighted by molar-refractivity contribution is 7.99. The van der Waals surface area contributed by atoms with Crippen molar-refractivity contribution in [3.63, 3.8) is 0 Å². The molecule has 144 valence electrons. The first-order valence-corrected chi connectivity index (χ1v) is 10.9. The standard InChI is InChI=1S/C20H23FN2O2S2/c1-20(2,25)15-9-10-16(26-15)27-23-19(24)22-18-13-7-3-5-11(13)17(21)12-6-4-8-14(12)18/h9-10,25H,3-8H2,1-2H3,(H2,22,23,24). The lowest BCUT2D eigenvalue weighted by atomic mass is 9.98. The third-order valence-corrected chi connectivity index (χ3v) is 7.55. The number of benzene rings is 1. The number of amides is 2. The third kappa shape index (κ3) is 3.60. The molecule has 0 atom stereocenters. The molecule has 1 aromatic carbocycles. The van der Waals surface area contributed by atoms with Crippen molar-refractivity contribution in [3.05, 3.63) is 45.1 Å². The largest absolute Gasteiger partial charge is 0.385 e. The summed E-state index contributed by atoms with van der Waals surface area (Å²) in [6.45, 7) is 3.48. The Bertz CT molecular complexity index is 867. The van der Waals surface area contributed by atoms with Gasteiger partial charge in [-0.25, -0.2) is 9.18 Å². The second-order valence-electron chi connectivity index (χ2n) is 7.65. The molecular formula is C20H23FN2O2S2. The molecule has 27 heavy (non-hydrogen) atoms. The zero-order valence-corrected chi connectivity index (χ0v) is 17.1. The number of aliphatic hydroxyl groups is 1. The minimum atomic E-state index is -0.888. The van der Waals surface area contributed by atoms with Gasteiger partial charge in [0.2, 0.25) is 0 Å². The molecule has 0 unspecified atom stereocenters. The van der Waals surface area contributed by atoms with Crippen LogP contribution in [0.5, 0.6) is 0 Å². The molecule has 7 heteroatoms. The Balaban J connectivity index is 1.49. The number of carbonyl (C=O) groups is 1. The molecule has 0 radical (unpaired) electrons. The number of thiophene rings is 1. The molecule has 4 nitrogen and oxygen atoms in total. The predicted octanol–water partition coefficient (Wildman–Crippen LogP) is 4.92. The Labute approximate surface area is 166 Å². The van der Waals surface area contributed by atoms with Gasteiger partial charge in [0.1, 0.15) is 5.82 Å². The average Bonchev–Trinajstić information content (AvgIpc) is 3.36. The Morgan fingerprint density at radius 3 is 2.26 bits per heavy atom. The number of anilines is 1. The van der Waals surface area contributed by atoms with Crippen molar-refractivity contribution in [1.29, 1.82) is 0 Å². The van der Waals surface area contributed by atoms with Crippen molar-refractivity contribution < 1.29 is 14.3 Å². The number of nitrogens with one attached hydrogen (secondary N) is 2. The first kappa shape index (κ1) is 18.8. The smallest absolute Gasteiger partial charge is 0.329 e. The molecule has 0 saturated carbocycles. The van der Waals surface area contributed by atoms with Crippen LogP contribution in [0, 0.1) is 5.82 Å². The molecule has 2 aromatic rings. The fourth-order valence-corrected chi connectivity index (χ4v) is 5.66. The zero-order chi connectivity index (χ0) is 19.2. The molecule has 1 aromatic heterocycles. The van der Waals surface area contributed by atoms with Crippen LogP contribution in [-0.4, -0.2) is 11.1 Å². The van der Waals surface area contributed by atoms with Gasteiger partial charge in [-0.3, -0.25) is 4.72 Å². The van der Waals surface area contributed by atoms with E-state index in [-0.39, 0.29) is 11.8 Å². The summed E-state index contributed by atoms with van der Waals surface area (Å²) < 4.78 is 18.4. The van der Waals surface area contributed by atoms with E-state index in [2.05, 4.69) is 10.0 Å². The fourth-order valence-electron chi connectivity index (χ4n) is 3.98. The summed E-state index contributed by atoms with van der Waals surface area (Å²) in [7, 11) is 0. The second kappa shape index (κ2) is 7.11. The van der Waals surface area contributed by atoms with Crippen molar-refractivity contribution in [1.82, 2.24) is 4.72 Å². The van der Waals surface area contributed by atoms with Crippen molar-refractivity contribution in [3.8, 4) is 0 Å². The predicted molar refractivity (Wildman–Crippen MR) is 108 cm³/mol. The number of halogens is 1. The number of rotatable bonds is 4. The first-order valence-electron chi connectivity index (χ1n) is 9.26. The fraction of sp³-hybridized carbons (Fsp3) is 0.450. The summed E-state index contributed by atoms with van der Waals surface area (Å²) in [5.74, 6) is -0.0342. The zero-order valence-electron chi connectivity index (χ0n) is 15.4. The maximum atomic E-state index is 14.7. The van der Waals surface area contributed by atoms with Gasteiger partial charge in [0.15, 0.2) is 0 Å². The summed E-state index contributed by atoms with van der Waals surface area (Å²) in [6.07, 6.45) is 5.04. The van der Waals surface area contributed by atoms with Crippen LogP contribution in [-0.2, 0) is 31.3 Å².